The van der Waals surface area contributed by atoms with Gasteiger partial charge in [-0.05, 0) is 53.6 Å². The van der Waals surface area contributed by atoms with Crippen molar-refractivity contribution in [2.45, 2.75) is 62.8 Å². The van der Waals surface area contributed by atoms with Crippen LogP contribution >= 0.6 is 0 Å². The van der Waals surface area contributed by atoms with Gasteiger partial charge in [-0.3, -0.25) is 4.90 Å². The molecule has 1 amide bonds. The first-order valence-electron chi connectivity index (χ1n) is 15.5. The monoisotopic (exact) mass is 665 g/mol. The Hall–Kier alpha value is -3.99. The number of ether oxygens (including phenoxy) is 3. The van der Waals surface area contributed by atoms with Gasteiger partial charge in [0.2, 0.25) is 10.0 Å². The molecular weight excluding hydrogens is 622 g/mol. The number of benzene rings is 3. The zero-order chi connectivity index (χ0) is 33.9. The highest BCUT2D eigenvalue weighted by atomic mass is 32.2. The van der Waals surface area contributed by atoms with Crippen LogP contribution in [0.15, 0.2) is 89.8 Å². The summed E-state index contributed by atoms with van der Waals surface area (Å²) < 4.78 is 46.3. The minimum absolute atomic E-state index is 0.00313. The van der Waals surface area contributed by atoms with Gasteiger partial charge >= 0.3 is 6.09 Å². The second-order valence-electron chi connectivity index (χ2n) is 12.4. The Balaban J connectivity index is 1.64. The lowest BCUT2D eigenvalue weighted by atomic mass is 9.88. The van der Waals surface area contributed by atoms with E-state index in [-0.39, 0.29) is 50.8 Å². The molecule has 12 heteroatoms. The molecule has 0 spiro atoms. The topological polar surface area (TPSA) is 150 Å². The Labute approximate surface area is 277 Å². The quantitative estimate of drug-likeness (QED) is 0.218. The molecule has 3 aromatic rings. The Morgan fingerprint density at radius 1 is 1.00 bits per heavy atom. The van der Waals surface area contributed by atoms with Gasteiger partial charge in [-0.15, -0.1) is 0 Å². The number of hydrogen-bond acceptors (Lipinski definition) is 8. The third kappa shape index (κ3) is 10.2. The Bertz CT molecular complexity index is 1560. The van der Waals surface area contributed by atoms with Crippen molar-refractivity contribution in [1.82, 2.24) is 9.21 Å². The number of sulfonamides is 1. The van der Waals surface area contributed by atoms with E-state index in [0.29, 0.717) is 18.8 Å². The van der Waals surface area contributed by atoms with Gasteiger partial charge in [0.1, 0.15) is 19.1 Å². The maximum atomic E-state index is 14.2. The summed E-state index contributed by atoms with van der Waals surface area (Å²) >= 11 is 0. The number of amides is 1. The fourth-order valence-electron chi connectivity index (χ4n) is 5.61. The number of aliphatic hydroxyl groups excluding tert-OH is 1. The lowest BCUT2D eigenvalue weighted by Gasteiger charge is -2.41. The second kappa shape index (κ2) is 16.7. The van der Waals surface area contributed by atoms with Crippen LogP contribution in [-0.4, -0.2) is 85.2 Å². The third-order valence-corrected chi connectivity index (χ3v) is 9.93. The summed E-state index contributed by atoms with van der Waals surface area (Å²) in [5.74, 6) is 0.491. The minimum atomic E-state index is -4.20. The molecule has 1 aliphatic heterocycles. The fraction of sp³-hybridized carbons (Fsp3) is 0.429. The molecule has 0 unspecified atom stereocenters. The molecule has 0 aliphatic carbocycles. The van der Waals surface area contributed by atoms with Crippen molar-refractivity contribution in [2.24, 2.45) is 5.41 Å². The van der Waals surface area contributed by atoms with Crippen LogP contribution in [0.3, 0.4) is 0 Å². The van der Waals surface area contributed by atoms with Crippen molar-refractivity contribution < 1.29 is 37.6 Å². The first-order chi connectivity index (χ1) is 22.5. The predicted molar refractivity (Wildman–Crippen MR) is 175 cm³/mol. The summed E-state index contributed by atoms with van der Waals surface area (Å²) in [5.41, 5.74) is 1.11. The molecule has 1 fully saturated rings. The summed E-state index contributed by atoms with van der Waals surface area (Å²) in [7, 11) is -4.20. The van der Waals surface area contributed by atoms with E-state index < -0.39 is 39.7 Å². The van der Waals surface area contributed by atoms with Gasteiger partial charge in [0.05, 0.1) is 42.4 Å². The SMILES string of the molecule is CC(C)(CCC#N)CN(C[C@@H](O)[C@H](Cc1ccccc1)N(C(=O)O)C1COCOC1)S(=O)(=O)c1ccc(OCc2ccccc2)cc1. The Morgan fingerprint density at radius 3 is 2.17 bits per heavy atom. The van der Waals surface area contributed by atoms with Crippen LogP contribution in [0.1, 0.15) is 37.8 Å². The molecule has 1 heterocycles. The molecule has 2 N–H and O–H groups in total. The molecule has 1 aliphatic rings. The standard InChI is InChI=1S/C35H43N3O8S/c1-35(2,18-9-19-36)25-37(47(42,43)31-16-14-30(15-17-31)46-22-28-12-7-4-8-13-28)21-33(39)32(20-27-10-5-3-6-11-27)38(34(40)41)29-23-44-26-45-24-29/h3-8,10-17,29,32-33,39H,9,18,20-26H2,1-2H3,(H,40,41)/t32-,33+/m0/s1. The average molecular weight is 666 g/mol. The lowest BCUT2D eigenvalue weighted by Crippen LogP contribution is -2.59. The molecule has 3 aromatic carbocycles. The summed E-state index contributed by atoms with van der Waals surface area (Å²) in [4.78, 5) is 13.8. The lowest BCUT2D eigenvalue weighted by molar-refractivity contribution is -0.140. The molecule has 0 saturated carbocycles. The fourth-order valence-corrected chi connectivity index (χ4v) is 7.25. The van der Waals surface area contributed by atoms with E-state index in [1.807, 2.05) is 74.5 Å². The van der Waals surface area contributed by atoms with E-state index in [9.17, 15) is 28.7 Å². The number of carboxylic acid groups (broad SMARTS) is 1. The molecule has 0 radical (unpaired) electrons. The van der Waals surface area contributed by atoms with E-state index in [0.717, 1.165) is 16.0 Å². The molecule has 47 heavy (non-hydrogen) atoms. The van der Waals surface area contributed by atoms with Gasteiger partial charge in [-0.25, -0.2) is 13.2 Å². The highest BCUT2D eigenvalue weighted by Crippen LogP contribution is 2.29. The molecule has 1 saturated heterocycles. The van der Waals surface area contributed by atoms with Crippen LogP contribution in [0.4, 0.5) is 4.79 Å². The van der Waals surface area contributed by atoms with Gasteiger partial charge in [-0.1, -0.05) is 74.5 Å². The van der Waals surface area contributed by atoms with E-state index in [1.54, 1.807) is 12.1 Å². The second-order valence-corrected chi connectivity index (χ2v) is 14.3. The van der Waals surface area contributed by atoms with Crippen molar-refractivity contribution >= 4 is 16.1 Å². The van der Waals surface area contributed by atoms with Crippen molar-refractivity contribution in [3.63, 3.8) is 0 Å². The van der Waals surface area contributed by atoms with Gasteiger partial charge in [0.25, 0.3) is 0 Å². The van der Waals surface area contributed by atoms with Gasteiger partial charge < -0.3 is 24.4 Å². The number of carbonyl (C=O) groups is 1. The molecule has 11 nitrogen and oxygen atoms in total. The number of nitriles is 1. The van der Waals surface area contributed by atoms with E-state index >= 15 is 0 Å². The summed E-state index contributed by atoms with van der Waals surface area (Å²) in [6.07, 6.45) is -1.93. The number of hydrogen-bond donors (Lipinski definition) is 2. The first kappa shape index (κ1) is 35.9. The number of nitrogens with zero attached hydrogens (tertiary/aromatic N) is 3. The van der Waals surface area contributed by atoms with Crippen LogP contribution in [-0.2, 0) is 32.5 Å². The zero-order valence-electron chi connectivity index (χ0n) is 26.8. The normalized spacial score (nSPS) is 15.5. The van der Waals surface area contributed by atoms with Crippen molar-refractivity contribution in [1.29, 1.82) is 5.26 Å². The molecule has 2 atom stereocenters. The summed E-state index contributed by atoms with van der Waals surface area (Å²) in [6.45, 7) is 3.83. The van der Waals surface area contributed by atoms with Crippen LogP contribution in [0.2, 0.25) is 0 Å². The molecule has 0 bridgehead atoms. The van der Waals surface area contributed by atoms with Gasteiger partial charge in [-0.2, -0.15) is 9.57 Å². The van der Waals surface area contributed by atoms with E-state index in [4.69, 9.17) is 14.2 Å². The third-order valence-electron chi connectivity index (χ3n) is 8.11. The maximum Gasteiger partial charge on any atom is 0.408 e. The Morgan fingerprint density at radius 2 is 1.60 bits per heavy atom. The summed E-state index contributed by atoms with van der Waals surface area (Å²) in [6, 6.07) is 25.2. The average Bonchev–Trinajstić information content (AvgIpc) is 3.07. The maximum absolute atomic E-state index is 14.2. The Kier molecular flexibility index (Phi) is 12.8. The minimum Gasteiger partial charge on any atom is -0.489 e. The van der Waals surface area contributed by atoms with Gasteiger partial charge in [0, 0.05) is 19.5 Å². The zero-order valence-corrected chi connectivity index (χ0v) is 27.6. The van der Waals surface area contributed by atoms with Crippen molar-refractivity contribution in [3.05, 3.63) is 96.1 Å². The largest absolute Gasteiger partial charge is 0.489 e. The highest BCUT2D eigenvalue weighted by Gasteiger charge is 2.40. The number of aliphatic hydroxyl groups is 1. The van der Waals surface area contributed by atoms with Crippen LogP contribution in [0, 0.1) is 16.7 Å². The van der Waals surface area contributed by atoms with Crippen LogP contribution < -0.4 is 4.74 Å². The predicted octanol–water partition coefficient (Wildman–Crippen LogP) is 4.91. The highest BCUT2D eigenvalue weighted by molar-refractivity contribution is 7.89. The van der Waals surface area contributed by atoms with E-state index in [1.165, 1.54) is 16.4 Å². The molecular formula is C35H43N3O8S. The summed E-state index contributed by atoms with van der Waals surface area (Å²) in [5, 5.41) is 31.4. The van der Waals surface area contributed by atoms with E-state index in [2.05, 4.69) is 6.07 Å². The van der Waals surface area contributed by atoms with Crippen LogP contribution in [0.5, 0.6) is 5.75 Å². The van der Waals surface area contributed by atoms with Crippen LogP contribution in [0.25, 0.3) is 0 Å². The smallest absolute Gasteiger partial charge is 0.408 e. The van der Waals surface area contributed by atoms with Gasteiger partial charge in [0.15, 0.2) is 0 Å². The van der Waals surface area contributed by atoms with Crippen molar-refractivity contribution in [2.75, 3.05) is 33.1 Å². The van der Waals surface area contributed by atoms with Crippen molar-refractivity contribution in [3.8, 4) is 11.8 Å². The molecule has 0 aromatic heterocycles. The molecule has 252 valence electrons. The molecule has 4 rings (SSSR count). The number of rotatable bonds is 16. The first-order valence-corrected chi connectivity index (χ1v) is 17.0.